The van der Waals surface area contributed by atoms with Crippen LogP contribution in [0.5, 0.6) is 0 Å². The van der Waals surface area contributed by atoms with Gasteiger partial charge in [-0.3, -0.25) is 9.59 Å². The molecule has 0 radical (unpaired) electrons. The number of piperazine rings is 1. The summed E-state index contributed by atoms with van der Waals surface area (Å²) in [6.07, 6.45) is 0.231. The van der Waals surface area contributed by atoms with E-state index in [9.17, 15) is 18.0 Å². The van der Waals surface area contributed by atoms with E-state index >= 15 is 0 Å². The second-order valence-electron chi connectivity index (χ2n) is 10.6. The van der Waals surface area contributed by atoms with E-state index in [1.165, 1.54) is 4.31 Å². The predicted octanol–water partition coefficient (Wildman–Crippen LogP) is 2.46. The molecule has 0 spiro atoms. The van der Waals surface area contributed by atoms with E-state index in [2.05, 4.69) is 20.8 Å². The van der Waals surface area contributed by atoms with Gasteiger partial charge in [0.2, 0.25) is 21.8 Å². The van der Waals surface area contributed by atoms with Crippen molar-refractivity contribution in [2.75, 3.05) is 32.7 Å². The maximum atomic E-state index is 13.0. The molecule has 2 aliphatic heterocycles. The van der Waals surface area contributed by atoms with Gasteiger partial charge in [-0.2, -0.15) is 4.31 Å². The molecule has 2 aliphatic rings. The largest absolute Gasteiger partial charge is 0.340 e. The SMILES string of the molecule is CC(C)(C)c1ccc(S(=O)(=O)N2CCN(C(=O)C3CC(=O)N(C(C)(C)C)C3)CC2)cc1. The van der Waals surface area contributed by atoms with Gasteiger partial charge in [0.1, 0.15) is 0 Å². The van der Waals surface area contributed by atoms with Crippen molar-refractivity contribution in [3.8, 4) is 0 Å². The summed E-state index contributed by atoms with van der Waals surface area (Å²) in [7, 11) is -3.60. The Morgan fingerprint density at radius 3 is 1.94 bits per heavy atom. The summed E-state index contributed by atoms with van der Waals surface area (Å²) in [5, 5.41) is 0. The van der Waals surface area contributed by atoms with Gasteiger partial charge in [0.15, 0.2) is 0 Å². The predicted molar refractivity (Wildman–Crippen MR) is 120 cm³/mol. The lowest BCUT2D eigenvalue weighted by Gasteiger charge is -2.36. The highest BCUT2D eigenvalue weighted by Gasteiger charge is 2.41. The van der Waals surface area contributed by atoms with Crippen molar-refractivity contribution in [1.29, 1.82) is 0 Å². The van der Waals surface area contributed by atoms with Crippen molar-refractivity contribution in [2.24, 2.45) is 5.92 Å². The molecule has 172 valence electrons. The molecule has 31 heavy (non-hydrogen) atoms. The van der Waals surface area contributed by atoms with Crippen LogP contribution < -0.4 is 0 Å². The van der Waals surface area contributed by atoms with Crippen LogP contribution in [0.2, 0.25) is 0 Å². The van der Waals surface area contributed by atoms with Crippen LogP contribution in [-0.4, -0.2) is 72.6 Å². The van der Waals surface area contributed by atoms with Crippen molar-refractivity contribution in [2.45, 2.75) is 63.8 Å². The minimum Gasteiger partial charge on any atom is -0.340 e. The number of rotatable bonds is 3. The maximum absolute atomic E-state index is 13.0. The second kappa shape index (κ2) is 8.20. The lowest BCUT2D eigenvalue weighted by molar-refractivity contribution is -0.137. The molecule has 2 heterocycles. The van der Waals surface area contributed by atoms with E-state index in [4.69, 9.17) is 0 Å². The Balaban J connectivity index is 1.62. The van der Waals surface area contributed by atoms with Gasteiger partial charge in [0.05, 0.1) is 10.8 Å². The smallest absolute Gasteiger partial charge is 0.243 e. The molecule has 3 rings (SSSR count). The van der Waals surface area contributed by atoms with Crippen LogP contribution in [-0.2, 0) is 25.0 Å². The summed E-state index contributed by atoms with van der Waals surface area (Å²) >= 11 is 0. The average molecular weight is 450 g/mol. The Morgan fingerprint density at radius 2 is 1.48 bits per heavy atom. The first-order valence-corrected chi connectivity index (χ1v) is 12.4. The molecular weight excluding hydrogens is 414 g/mol. The van der Waals surface area contributed by atoms with Crippen molar-refractivity contribution in [1.82, 2.24) is 14.1 Å². The second-order valence-corrected chi connectivity index (χ2v) is 12.5. The van der Waals surface area contributed by atoms with Gasteiger partial charge in [0.25, 0.3) is 0 Å². The quantitative estimate of drug-likeness (QED) is 0.710. The molecule has 0 aromatic heterocycles. The van der Waals surface area contributed by atoms with Crippen molar-refractivity contribution < 1.29 is 18.0 Å². The number of hydrogen-bond acceptors (Lipinski definition) is 4. The van der Waals surface area contributed by atoms with Gasteiger partial charge in [-0.15, -0.1) is 0 Å². The fraction of sp³-hybridized carbons (Fsp3) is 0.652. The topological polar surface area (TPSA) is 78.0 Å². The van der Waals surface area contributed by atoms with E-state index < -0.39 is 10.0 Å². The summed E-state index contributed by atoms with van der Waals surface area (Å²) in [5.74, 6) is -0.391. The zero-order valence-corrected chi connectivity index (χ0v) is 20.3. The van der Waals surface area contributed by atoms with E-state index in [-0.39, 0.29) is 53.1 Å². The number of benzene rings is 1. The average Bonchev–Trinajstić information content (AvgIpc) is 3.09. The highest BCUT2D eigenvalue weighted by atomic mass is 32.2. The van der Waals surface area contributed by atoms with Gasteiger partial charge in [0, 0.05) is 44.7 Å². The molecule has 1 aromatic carbocycles. The lowest BCUT2D eigenvalue weighted by atomic mass is 9.87. The standard InChI is InChI=1S/C23H35N3O4S/c1-22(2,3)18-7-9-19(10-8-18)31(29,30)25-13-11-24(12-14-25)21(28)17-15-20(27)26(16-17)23(4,5)6/h7-10,17H,11-16H2,1-6H3. The number of hydrogen-bond donors (Lipinski definition) is 0. The van der Waals surface area contributed by atoms with Crippen LogP contribution in [0.1, 0.15) is 53.5 Å². The molecule has 2 saturated heterocycles. The molecular formula is C23H35N3O4S. The molecule has 0 aliphatic carbocycles. The molecule has 1 atom stereocenters. The highest BCUT2D eigenvalue weighted by molar-refractivity contribution is 7.89. The minimum atomic E-state index is -3.60. The van der Waals surface area contributed by atoms with Gasteiger partial charge >= 0.3 is 0 Å². The summed E-state index contributed by atoms with van der Waals surface area (Å²) in [6.45, 7) is 13.8. The van der Waals surface area contributed by atoms with Crippen LogP contribution in [0.3, 0.4) is 0 Å². The first kappa shape index (κ1) is 23.7. The maximum Gasteiger partial charge on any atom is 0.243 e. The number of nitrogens with zero attached hydrogens (tertiary/aromatic N) is 3. The summed E-state index contributed by atoms with van der Waals surface area (Å²) in [5.41, 5.74) is 0.733. The molecule has 2 fully saturated rings. The number of carbonyl (C=O) groups is 2. The monoisotopic (exact) mass is 449 g/mol. The molecule has 2 amide bonds. The van der Waals surface area contributed by atoms with Gasteiger partial charge in [-0.1, -0.05) is 32.9 Å². The fourth-order valence-corrected chi connectivity index (χ4v) is 5.63. The zero-order chi connectivity index (χ0) is 23.2. The molecule has 0 saturated carbocycles. The van der Waals surface area contributed by atoms with Crippen molar-refractivity contribution >= 4 is 21.8 Å². The molecule has 1 unspecified atom stereocenters. The third kappa shape index (κ3) is 4.95. The van der Waals surface area contributed by atoms with Gasteiger partial charge in [-0.05, 0) is 43.9 Å². The fourth-order valence-electron chi connectivity index (χ4n) is 4.20. The van der Waals surface area contributed by atoms with E-state index in [1.807, 2.05) is 32.9 Å². The number of likely N-dealkylation sites (tertiary alicyclic amines) is 1. The zero-order valence-electron chi connectivity index (χ0n) is 19.5. The third-order valence-corrected chi connectivity index (χ3v) is 8.11. The molecule has 7 nitrogen and oxygen atoms in total. The number of sulfonamides is 1. The molecule has 8 heteroatoms. The van der Waals surface area contributed by atoms with Crippen molar-refractivity contribution in [3.05, 3.63) is 29.8 Å². The number of carbonyl (C=O) groups excluding carboxylic acids is 2. The normalized spacial score (nSPS) is 21.6. The highest BCUT2D eigenvalue weighted by Crippen LogP contribution is 2.28. The summed E-state index contributed by atoms with van der Waals surface area (Å²) < 4.78 is 27.5. The first-order valence-electron chi connectivity index (χ1n) is 10.9. The minimum absolute atomic E-state index is 0.00534. The number of amides is 2. The van der Waals surface area contributed by atoms with Gasteiger partial charge < -0.3 is 9.80 Å². The van der Waals surface area contributed by atoms with Crippen LogP contribution in [0, 0.1) is 5.92 Å². The van der Waals surface area contributed by atoms with Crippen LogP contribution >= 0.6 is 0 Å². The van der Waals surface area contributed by atoms with Crippen LogP contribution in [0.4, 0.5) is 0 Å². The van der Waals surface area contributed by atoms with Crippen LogP contribution in [0.25, 0.3) is 0 Å². The summed E-state index contributed by atoms with van der Waals surface area (Å²) in [6, 6.07) is 7.06. The first-order chi connectivity index (χ1) is 14.2. The Morgan fingerprint density at radius 1 is 0.935 bits per heavy atom. The van der Waals surface area contributed by atoms with E-state index in [0.29, 0.717) is 19.6 Å². The van der Waals surface area contributed by atoms with Crippen molar-refractivity contribution in [3.63, 3.8) is 0 Å². The van der Waals surface area contributed by atoms with E-state index in [0.717, 1.165) is 5.56 Å². The third-order valence-electron chi connectivity index (χ3n) is 6.19. The Kier molecular flexibility index (Phi) is 6.28. The van der Waals surface area contributed by atoms with Gasteiger partial charge in [-0.25, -0.2) is 8.42 Å². The van der Waals surface area contributed by atoms with E-state index in [1.54, 1.807) is 21.9 Å². The Labute approximate surface area is 186 Å². The van der Waals surface area contributed by atoms with Crippen LogP contribution in [0.15, 0.2) is 29.2 Å². The molecule has 0 bridgehead atoms. The Hall–Kier alpha value is -1.93. The molecule has 0 N–H and O–H groups in total. The Bertz CT molecular complexity index is 935. The lowest BCUT2D eigenvalue weighted by Crippen LogP contribution is -2.52. The molecule has 1 aromatic rings. The summed E-state index contributed by atoms with van der Waals surface area (Å²) in [4.78, 5) is 29.0.